The van der Waals surface area contributed by atoms with E-state index in [0.717, 1.165) is 0 Å². The van der Waals surface area contributed by atoms with Crippen LogP contribution in [0.4, 0.5) is 32.0 Å². The van der Waals surface area contributed by atoms with Gasteiger partial charge in [0.1, 0.15) is 5.75 Å². The Bertz CT molecular complexity index is 486. The molecule has 11 heteroatoms. The molecule has 0 aliphatic rings. The van der Waals surface area contributed by atoms with Crippen molar-refractivity contribution in [2.75, 3.05) is 0 Å². The minimum atomic E-state index is -5.20. The third-order valence-corrected chi connectivity index (χ3v) is 2.36. The molecule has 0 spiro atoms. The van der Waals surface area contributed by atoms with Crippen molar-refractivity contribution in [3.63, 3.8) is 0 Å². The molecule has 0 N–H and O–H groups in total. The van der Waals surface area contributed by atoms with Crippen LogP contribution in [0.25, 0.3) is 0 Å². The van der Waals surface area contributed by atoms with E-state index in [0.29, 0.717) is 18.2 Å². The molecule has 0 atom stereocenters. The number of ether oxygens (including phenoxy) is 1. The second-order valence-corrected chi connectivity index (χ2v) is 4.09. The molecule has 4 nitrogen and oxygen atoms in total. The Balaban J connectivity index is 3.19. The second kappa shape index (κ2) is 5.15. The topological polar surface area (TPSA) is 52.4 Å². The largest absolute Gasteiger partial charge is 0.573 e. The van der Waals surface area contributed by atoms with Crippen molar-refractivity contribution in [3.8, 4) is 5.75 Å². The lowest BCUT2D eigenvalue weighted by molar-refractivity contribution is -0.385. The maximum atomic E-state index is 12.1. The van der Waals surface area contributed by atoms with Crippen LogP contribution < -0.4 is 4.74 Å². The Morgan fingerprint density at radius 1 is 1.16 bits per heavy atom. The van der Waals surface area contributed by atoms with Crippen molar-refractivity contribution in [3.05, 3.63) is 28.3 Å². The molecule has 0 fully saturated rings. The highest BCUT2D eigenvalue weighted by Gasteiger charge is 2.36. The van der Waals surface area contributed by atoms with Crippen molar-refractivity contribution >= 4 is 17.4 Å². The molecule has 0 aliphatic carbocycles. The minimum absolute atomic E-state index is 0.360. The summed E-state index contributed by atoms with van der Waals surface area (Å²) < 4.78 is 75.7. The fourth-order valence-electron chi connectivity index (χ4n) is 1.02. The SMILES string of the molecule is O=[N+]([O-])c1ccc(OC(F)(F)F)c(SC(F)(F)F)c1. The van der Waals surface area contributed by atoms with Gasteiger partial charge in [0.2, 0.25) is 0 Å². The van der Waals surface area contributed by atoms with Crippen molar-refractivity contribution in [1.29, 1.82) is 0 Å². The maximum Gasteiger partial charge on any atom is 0.573 e. The summed E-state index contributed by atoms with van der Waals surface area (Å²) in [5.41, 5.74) is -5.68. The number of halogens is 6. The highest BCUT2D eigenvalue weighted by molar-refractivity contribution is 8.00. The Labute approximate surface area is 105 Å². The number of nitro benzene ring substituents is 1. The van der Waals surface area contributed by atoms with E-state index in [1.54, 1.807) is 0 Å². The molecule has 1 aromatic rings. The average molecular weight is 307 g/mol. The Morgan fingerprint density at radius 3 is 2.16 bits per heavy atom. The van der Waals surface area contributed by atoms with E-state index < -0.39 is 44.9 Å². The minimum Gasteiger partial charge on any atom is -0.405 e. The smallest absolute Gasteiger partial charge is 0.405 e. The van der Waals surface area contributed by atoms with Gasteiger partial charge >= 0.3 is 11.9 Å². The predicted molar refractivity (Wildman–Crippen MR) is 51.7 cm³/mol. The van der Waals surface area contributed by atoms with Crippen LogP contribution in [-0.4, -0.2) is 16.8 Å². The number of hydrogen-bond donors (Lipinski definition) is 0. The average Bonchev–Trinajstić information content (AvgIpc) is 2.15. The normalized spacial score (nSPS) is 12.3. The Kier molecular flexibility index (Phi) is 4.18. The number of thioether (sulfide) groups is 1. The maximum absolute atomic E-state index is 12.1. The molecular weight excluding hydrogens is 304 g/mol. The first-order chi connectivity index (χ1) is 8.48. The van der Waals surface area contributed by atoms with Gasteiger partial charge in [-0.3, -0.25) is 10.1 Å². The standard InChI is InChI=1S/C8H3F6NO3S/c9-7(10,11)18-5-2-1-4(15(16)17)3-6(5)19-8(12,13)14/h1-3H. The van der Waals surface area contributed by atoms with Gasteiger partial charge in [-0.15, -0.1) is 13.2 Å². The summed E-state index contributed by atoms with van der Waals surface area (Å²) in [7, 11) is 0. The van der Waals surface area contributed by atoms with E-state index in [4.69, 9.17) is 0 Å². The number of hydrogen-bond acceptors (Lipinski definition) is 4. The Morgan fingerprint density at radius 2 is 1.74 bits per heavy atom. The molecule has 0 saturated heterocycles. The molecule has 0 unspecified atom stereocenters. The van der Waals surface area contributed by atoms with Gasteiger partial charge in [0.05, 0.1) is 9.82 Å². The van der Waals surface area contributed by atoms with E-state index in [2.05, 4.69) is 4.74 Å². The summed E-state index contributed by atoms with van der Waals surface area (Å²) in [6.07, 6.45) is -5.20. The summed E-state index contributed by atoms with van der Waals surface area (Å²) in [6, 6.07) is 1.43. The molecule has 19 heavy (non-hydrogen) atoms. The van der Waals surface area contributed by atoms with Crippen LogP contribution in [0.5, 0.6) is 5.75 Å². The first-order valence-electron chi connectivity index (χ1n) is 4.28. The van der Waals surface area contributed by atoms with Gasteiger partial charge in [-0.1, -0.05) is 0 Å². The molecule has 0 heterocycles. The van der Waals surface area contributed by atoms with Crippen LogP contribution in [0.3, 0.4) is 0 Å². The number of alkyl halides is 6. The first kappa shape index (κ1) is 15.4. The molecule has 1 rings (SSSR count). The number of nitrogens with zero attached hydrogens (tertiary/aromatic N) is 1. The summed E-state index contributed by atoms with van der Waals surface area (Å²) in [5, 5.41) is 10.4. The van der Waals surface area contributed by atoms with Crippen molar-refractivity contribution in [2.24, 2.45) is 0 Å². The molecule has 0 radical (unpaired) electrons. The molecule has 0 aliphatic heterocycles. The van der Waals surface area contributed by atoms with Crippen molar-refractivity contribution in [2.45, 2.75) is 16.8 Å². The molecule has 0 amide bonds. The zero-order valence-corrected chi connectivity index (χ0v) is 9.40. The molecule has 1 aromatic carbocycles. The molecule has 0 saturated carbocycles. The molecular formula is C8H3F6NO3S. The fraction of sp³-hybridized carbons (Fsp3) is 0.250. The predicted octanol–water partition coefficient (Wildman–Crippen LogP) is 4.11. The zero-order valence-electron chi connectivity index (χ0n) is 8.58. The number of benzene rings is 1. The highest BCUT2D eigenvalue weighted by Crippen LogP contribution is 2.44. The monoisotopic (exact) mass is 307 g/mol. The quantitative estimate of drug-likeness (QED) is 0.365. The molecule has 106 valence electrons. The van der Waals surface area contributed by atoms with Crippen LogP contribution in [0.1, 0.15) is 0 Å². The van der Waals surface area contributed by atoms with Gasteiger partial charge < -0.3 is 4.74 Å². The lowest BCUT2D eigenvalue weighted by atomic mass is 10.3. The van der Waals surface area contributed by atoms with Crippen molar-refractivity contribution < 1.29 is 36.0 Å². The van der Waals surface area contributed by atoms with Gasteiger partial charge in [0.15, 0.2) is 0 Å². The van der Waals surface area contributed by atoms with Crippen LogP contribution in [0, 0.1) is 10.1 Å². The van der Waals surface area contributed by atoms with E-state index in [9.17, 15) is 36.5 Å². The first-order valence-corrected chi connectivity index (χ1v) is 5.09. The number of non-ortho nitro benzene ring substituents is 1. The van der Waals surface area contributed by atoms with E-state index in [-0.39, 0.29) is 0 Å². The summed E-state index contributed by atoms with van der Waals surface area (Å²) in [4.78, 5) is 8.29. The van der Waals surface area contributed by atoms with Crippen LogP contribution in [0.15, 0.2) is 23.1 Å². The second-order valence-electron chi connectivity index (χ2n) is 2.98. The number of rotatable bonds is 3. The number of nitro groups is 1. The van der Waals surface area contributed by atoms with Gasteiger partial charge in [0.25, 0.3) is 5.69 Å². The Hall–Kier alpha value is -1.65. The third-order valence-electron chi connectivity index (χ3n) is 1.59. The van der Waals surface area contributed by atoms with E-state index in [1.165, 1.54) is 0 Å². The van der Waals surface area contributed by atoms with Gasteiger partial charge in [-0.2, -0.15) is 13.2 Å². The lowest BCUT2D eigenvalue weighted by Crippen LogP contribution is -2.18. The van der Waals surface area contributed by atoms with Gasteiger partial charge in [-0.25, -0.2) is 0 Å². The molecule has 0 bridgehead atoms. The molecule has 0 aromatic heterocycles. The fourth-order valence-corrected chi connectivity index (χ4v) is 1.66. The third kappa shape index (κ3) is 5.24. The van der Waals surface area contributed by atoms with Gasteiger partial charge in [0, 0.05) is 12.1 Å². The van der Waals surface area contributed by atoms with Crippen molar-refractivity contribution in [1.82, 2.24) is 0 Å². The lowest BCUT2D eigenvalue weighted by Gasteiger charge is -2.13. The summed E-state index contributed by atoms with van der Waals surface area (Å²) >= 11 is -0.930. The summed E-state index contributed by atoms with van der Waals surface area (Å²) in [6.45, 7) is 0. The van der Waals surface area contributed by atoms with Crippen LogP contribution >= 0.6 is 11.8 Å². The van der Waals surface area contributed by atoms with Crippen LogP contribution in [-0.2, 0) is 0 Å². The van der Waals surface area contributed by atoms with E-state index in [1.807, 2.05) is 0 Å². The summed E-state index contributed by atoms with van der Waals surface area (Å²) in [5.74, 6) is -1.15. The highest BCUT2D eigenvalue weighted by atomic mass is 32.2. The van der Waals surface area contributed by atoms with Gasteiger partial charge in [-0.05, 0) is 17.8 Å². The van der Waals surface area contributed by atoms with Crippen LogP contribution in [0.2, 0.25) is 0 Å². The van der Waals surface area contributed by atoms with E-state index >= 15 is 0 Å². The zero-order chi connectivity index (χ0) is 14.8.